The fraction of sp³-hybridized carbons (Fsp3) is 0.810. The summed E-state index contributed by atoms with van der Waals surface area (Å²) in [5.41, 5.74) is 7.07. The average Bonchev–Trinajstić information content (AvgIpc) is 2.75. The van der Waals surface area contributed by atoms with Crippen LogP contribution >= 0.6 is 0 Å². The molecule has 1 nitrogen and oxygen atoms in total. The summed E-state index contributed by atoms with van der Waals surface area (Å²) in [6.45, 7) is 4.80. The van der Waals surface area contributed by atoms with Crippen LogP contribution in [-0.4, -0.2) is 4.57 Å². The van der Waals surface area contributed by atoms with Crippen molar-refractivity contribution < 1.29 is 0 Å². The van der Waals surface area contributed by atoms with Gasteiger partial charge < -0.3 is 4.57 Å². The Morgan fingerprint density at radius 1 is 0.545 bits per heavy atom. The van der Waals surface area contributed by atoms with E-state index in [1.54, 1.807) is 22.5 Å². The van der Waals surface area contributed by atoms with Crippen molar-refractivity contribution in [1.29, 1.82) is 0 Å². The maximum atomic E-state index is 2.78. The summed E-state index contributed by atoms with van der Waals surface area (Å²) >= 11 is 0. The van der Waals surface area contributed by atoms with Gasteiger partial charge in [0.05, 0.1) is 0 Å². The highest BCUT2D eigenvalue weighted by atomic mass is 15.0. The van der Waals surface area contributed by atoms with E-state index in [9.17, 15) is 0 Å². The SMILES string of the molecule is CC(C)n1c2c(c3c1CCCCCC3)CCCCCCCC2. The first kappa shape index (κ1) is 16.1. The van der Waals surface area contributed by atoms with Crippen LogP contribution in [0.15, 0.2) is 0 Å². The molecule has 1 aromatic heterocycles. The quantitative estimate of drug-likeness (QED) is 0.584. The second kappa shape index (κ2) is 7.70. The molecule has 2 aliphatic rings. The smallest absolute Gasteiger partial charge is 0.0279 e. The number of fused-ring (bicyclic) bond motifs is 3. The fourth-order valence-corrected chi connectivity index (χ4v) is 4.81. The molecule has 3 rings (SSSR count). The maximum Gasteiger partial charge on any atom is 0.0279 e. The van der Waals surface area contributed by atoms with Crippen LogP contribution in [0.3, 0.4) is 0 Å². The summed E-state index contributed by atoms with van der Waals surface area (Å²) in [6.07, 6.45) is 19.7. The van der Waals surface area contributed by atoms with Crippen LogP contribution in [0.4, 0.5) is 0 Å². The highest BCUT2D eigenvalue weighted by Crippen LogP contribution is 2.34. The van der Waals surface area contributed by atoms with Gasteiger partial charge in [-0.05, 0) is 76.3 Å². The molecular weight excluding hydrogens is 266 g/mol. The van der Waals surface area contributed by atoms with E-state index in [1.165, 1.54) is 89.9 Å². The molecule has 0 radical (unpaired) electrons. The van der Waals surface area contributed by atoms with Crippen LogP contribution in [-0.2, 0) is 25.7 Å². The van der Waals surface area contributed by atoms with Gasteiger partial charge in [0.15, 0.2) is 0 Å². The number of rotatable bonds is 1. The Morgan fingerprint density at radius 3 is 1.32 bits per heavy atom. The van der Waals surface area contributed by atoms with Crippen molar-refractivity contribution >= 4 is 0 Å². The lowest BCUT2D eigenvalue weighted by Crippen LogP contribution is -2.11. The van der Waals surface area contributed by atoms with Gasteiger partial charge in [0.1, 0.15) is 0 Å². The lowest BCUT2D eigenvalue weighted by Gasteiger charge is -2.19. The van der Waals surface area contributed by atoms with Gasteiger partial charge in [-0.15, -0.1) is 0 Å². The zero-order valence-corrected chi connectivity index (χ0v) is 14.9. The van der Waals surface area contributed by atoms with Crippen molar-refractivity contribution in [2.75, 3.05) is 0 Å². The summed E-state index contributed by atoms with van der Waals surface area (Å²) in [6, 6.07) is 0.639. The van der Waals surface area contributed by atoms with Crippen LogP contribution < -0.4 is 0 Å². The Labute approximate surface area is 137 Å². The molecule has 0 unspecified atom stereocenters. The number of aromatic nitrogens is 1. The van der Waals surface area contributed by atoms with Crippen molar-refractivity contribution in [2.45, 2.75) is 110 Å². The summed E-state index contributed by atoms with van der Waals surface area (Å²) in [5.74, 6) is 0. The van der Waals surface area contributed by atoms with Crippen molar-refractivity contribution in [2.24, 2.45) is 0 Å². The third-order valence-electron chi connectivity index (χ3n) is 5.84. The second-order valence-corrected chi connectivity index (χ2v) is 7.85. The summed E-state index contributed by atoms with van der Waals surface area (Å²) in [5, 5.41) is 0. The third-order valence-corrected chi connectivity index (χ3v) is 5.84. The minimum absolute atomic E-state index is 0.639. The van der Waals surface area contributed by atoms with E-state index in [0.717, 1.165) is 0 Å². The van der Waals surface area contributed by atoms with Crippen molar-refractivity contribution in [3.05, 3.63) is 22.5 Å². The van der Waals surface area contributed by atoms with Crippen LogP contribution in [0.5, 0.6) is 0 Å². The van der Waals surface area contributed by atoms with Crippen LogP contribution in [0.2, 0.25) is 0 Å². The van der Waals surface area contributed by atoms with E-state index < -0.39 is 0 Å². The fourth-order valence-electron chi connectivity index (χ4n) is 4.81. The van der Waals surface area contributed by atoms with Gasteiger partial charge in [0.2, 0.25) is 0 Å². The highest BCUT2D eigenvalue weighted by molar-refractivity contribution is 5.40. The molecule has 0 N–H and O–H groups in total. The second-order valence-electron chi connectivity index (χ2n) is 7.85. The van der Waals surface area contributed by atoms with E-state index in [2.05, 4.69) is 18.4 Å². The molecule has 0 saturated heterocycles. The number of hydrogen-bond acceptors (Lipinski definition) is 0. The summed E-state index contributed by atoms with van der Waals surface area (Å²) in [7, 11) is 0. The summed E-state index contributed by atoms with van der Waals surface area (Å²) < 4.78 is 2.78. The van der Waals surface area contributed by atoms with Crippen LogP contribution in [0, 0.1) is 0 Å². The Hall–Kier alpha value is -0.720. The molecule has 2 aliphatic carbocycles. The standard InChI is InChI=1S/C21H35N/c1-17(2)22-20-15-11-6-4-3-5-9-13-18(20)19-14-10-7-8-12-16-21(19)22/h17H,3-16H2,1-2H3. The zero-order valence-electron chi connectivity index (χ0n) is 14.9. The van der Waals surface area contributed by atoms with E-state index in [4.69, 9.17) is 0 Å². The average molecular weight is 302 g/mol. The molecule has 1 aromatic rings. The molecule has 0 spiro atoms. The van der Waals surface area contributed by atoms with Gasteiger partial charge >= 0.3 is 0 Å². The van der Waals surface area contributed by atoms with Crippen LogP contribution in [0.1, 0.15) is 107 Å². The predicted molar refractivity (Wildman–Crippen MR) is 95.8 cm³/mol. The van der Waals surface area contributed by atoms with Crippen molar-refractivity contribution in [3.8, 4) is 0 Å². The van der Waals surface area contributed by atoms with Gasteiger partial charge in [-0.1, -0.05) is 38.5 Å². The molecule has 0 fully saturated rings. The van der Waals surface area contributed by atoms with Gasteiger partial charge in [0, 0.05) is 17.4 Å². The molecule has 124 valence electrons. The van der Waals surface area contributed by atoms with Crippen molar-refractivity contribution in [1.82, 2.24) is 4.57 Å². The Kier molecular flexibility index (Phi) is 5.66. The number of nitrogens with zero attached hydrogens (tertiary/aromatic N) is 1. The maximum absolute atomic E-state index is 2.78. The van der Waals surface area contributed by atoms with Gasteiger partial charge in [-0.3, -0.25) is 0 Å². The zero-order chi connectivity index (χ0) is 15.4. The van der Waals surface area contributed by atoms with E-state index in [-0.39, 0.29) is 0 Å². The Morgan fingerprint density at radius 2 is 0.909 bits per heavy atom. The van der Waals surface area contributed by atoms with E-state index in [1.807, 2.05) is 0 Å². The molecule has 1 heterocycles. The lowest BCUT2D eigenvalue weighted by molar-refractivity contribution is 0.513. The molecule has 0 aromatic carbocycles. The van der Waals surface area contributed by atoms with Gasteiger partial charge in [-0.25, -0.2) is 0 Å². The third kappa shape index (κ3) is 3.44. The first-order valence-electron chi connectivity index (χ1n) is 10.0. The minimum Gasteiger partial charge on any atom is -0.346 e. The molecule has 0 bridgehead atoms. The first-order chi connectivity index (χ1) is 10.8. The Bertz CT molecular complexity index is 481. The highest BCUT2D eigenvalue weighted by Gasteiger charge is 2.24. The normalized spacial score (nSPS) is 20.9. The molecule has 0 atom stereocenters. The first-order valence-corrected chi connectivity index (χ1v) is 10.0. The van der Waals surface area contributed by atoms with E-state index in [0.29, 0.717) is 6.04 Å². The molecule has 1 heteroatoms. The van der Waals surface area contributed by atoms with Crippen LogP contribution in [0.25, 0.3) is 0 Å². The lowest BCUT2D eigenvalue weighted by atomic mass is 9.91. The molecular formula is C21H35N. The molecule has 0 aliphatic heterocycles. The van der Waals surface area contributed by atoms with Gasteiger partial charge in [0.25, 0.3) is 0 Å². The molecule has 0 amide bonds. The molecule has 22 heavy (non-hydrogen) atoms. The van der Waals surface area contributed by atoms with Crippen molar-refractivity contribution in [3.63, 3.8) is 0 Å². The van der Waals surface area contributed by atoms with E-state index >= 15 is 0 Å². The minimum atomic E-state index is 0.639. The predicted octanol–water partition coefficient (Wildman–Crippen LogP) is 6.17. The Balaban J connectivity index is 2.03. The number of hydrogen-bond donors (Lipinski definition) is 0. The largest absolute Gasteiger partial charge is 0.346 e. The summed E-state index contributed by atoms with van der Waals surface area (Å²) in [4.78, 5) is 0. The van der Waals surface area contributed by atoms with Gasteiger partial charge in [-0.2, -0.15) is 0 Å². The topological polar surface area (TPSA) is 4.93 Å². The molecule has 0 saturated carbocycles. The monoisotopic (exact) mass is 301 g/mol.